The third kappa shape index (κ3) is 26.9. The number of nitrogens with zero attached hydrogens (tertiary/aromatic N) is 3. The van der Waals surface area contributed by atoms with E-state index in [1.807, 2.05) is 36.5 Å². The Morgan fingerprint density at radius 3 is 1.74 bits per heavy atom. The number of aryl methyl sites for hydroxylation is 1. The number of ether oxygens (including phenoxy) is 2. The van der Waals surface area contributed by atoms with Crippen LogP contribution in [0.2, 0.25) is 0 Å². The van der Waals surface area contributed by atoms with Gasteiger partial charge >= 0.3 is 11.9 Å². The van der Waals surface area contributed by atoms with Gasteiger partial charge in [0.15, 0.2) is 12.3 Å². The summed E-state index contributed by atoms with van der Waals surface area (Å²) in [7, 11) is 0. The van der Waals surface area contributed by atoms with Crippen LogP contribution in [0, 0.1) is 5.92 Å². The molecule has 1 amide bonds. The quantitative estimate of drug-likeness (QED) is 0.0220. The van der Waals surface area contributed by atoms with Crippen molar-refractivity contribution in [1.29, 1.82) is 0 Å². The van der Waals surface area contributed by atoms with Gasteiger partial charge in [-0.3, -0.25) is 24.2 Å². The number of Topliss-reactive ketones (excluding diaryl/α,β-unsaturated/α-hetero) is 1. The molecule has 0 saturated heterocycles. The zero-order chi connectivity index (χ0) is 55.1. The van der Waals surface area contributed by atoms with E-state index in [9.17, 15) is 24.3 Å². The molecule has 0 spiro atoms. The maximum atomic E-state index is 13.3. The van der Waals surface area contributed by atoms with E-state index in [-0.39, 0.29) is 43.0 Å². The number of carbonyl (C=O) groups is 4. The third-order valence-corrected chi connectivity index (χ3v) is 16.1. The molecule has 2 aromatic heterocycles. The minimum Gasteiger partial charge on any atom is -0.462 e. The number of hydrogen-bond acceptors (Lipinski definition) is 10. The van der Waals surface area contributed by atoms with Crippen molar-refractivity contribution in [2.24, 2.45) is 11.7 Å². The summed E-state index contributed by atoms with van der Waals surface area (Å²) in [6.45, 7) is 7.97. The molecular formula is C64H102N5O7S+. The Morgan fingerprint density at radius 1 is 0.662 bits per heavy atom. The first-order valence-electron chi connectivity index (χ1n) is 30.6. The van der Waals surface area contributed by atoms with E-state index in [2.05, 4.69) is 59.8 Å². The van der Waals surface area contributed by atoms with Gasteiger partial charge < -0.3 is 25.6 Å². The van der Waals surface area contributed by atoms with Crippen LogP contribution in [0.25, 0.3) is 21.8 Å². The molecule has 2 aromatic carbocycles. The predicted molar refractivity (Wildman–Crippen MR) is 317 cm³/mol. The van der Waals surface area contributed by atoms with Crippen LogP contribution in [0.5, 0.6) is 0 Å². The van der Waals surface area contributed by atoms with E-state index >= 15 is 0 Å². The summed E-state index contributed by atoms with van der Waals surface area (Å²) in [5, 5.41) is 15.3. The number of ketones is 1. The van der Waals surface area contributed by atoms with Crippen LogP contribution < -0.4 is 15.7 Å². The monoisotopic (exact) mass is 1080 g/mol. The molecule has 2 heterocycles. The summed E-state index contributed by atoms with van der Waals surface area (Å²) in [5.74, 6) is -1.80. The Bertz CT molecular complexity index is 2230. The van der Waals surface area contributed by atoms with Crippen LogP contribution >= 0.6 is 11.8 Å². The highest BCUT2D eigenvalue weighted by Gasteiger charge is 2.26. The number of carbonyl (C=O) groups excluding carboxylic acids is 4. The Kier molecular flexibility index (Phi) is 34.5. The van der Waals surface area contributed by atoms with Gasteiger partial charge in [0.05, 0.1) is 29.5 Å². The van der Waals surface area contributed by atoms with Gasteiger partial charge in [-0.15, -0.1) is 9.36 Å². The fourth-order valence-corrected chi connectivity index (χ4v) is 11.1. The van der Waals surface area contributed by atoms with Crippen molar-refractivity contribution in [3.05, 3.63) is 72.1 Å². The smallest absolute Gasteiger partial charge is 0.306 e. The molecule has 0 aliphatic rings. The number of unbranched alkanes of at least 4 members (excludes halogenated alkanes) is 25. The Balaban J connectivity index is 1.19. The number of nitrogens with two attached hydrogens (primary N) is 1. The lowest BCUT2D eigenvalue weighted by Crippen LogP contribution is -2.42. The van der Waals surface area contributed by atoms with Crippen molar-refractivity contribution in [2.75, 3.05) is 24.7 Å². The molecule has 0 saturated carbocycles. The van der Waals surface area contributed by atoms with E-state index in [0.717, 1.165) is 90.8 Å². The van der Waals surface area contributed by atoms with E-state index in [1.54, 1.807) is 0 Å². The van der Waals surface area contributed by atoms with Gasteiger partial charge in [-0.2, -0.15) is 11.8 Å². The van der Waals surface area contributed by atoms with Crippen LogP contribution in [0.4, 0.5) is 0 Å². The third-order valence-electron chi connectivity index (χ3n) is 14.9. The first-order valence-corrected chi connectivity index (χ1v) is 31.8. The summed E-state index contributed by atoms with van der Waals surface area (Å²) < 4.78 is 16.1. The van der Waals surface area contributed by atoms with Crippen LogP contribution in [0.15, 0.2) is 60.9 Å². The van der Waals surface area contributed by atoms with Gasteiger partial charge in [-0.1, -0.05) is 224 Å². The number of rotatable bonds is 47. The topological polar surface area (TPSA) is 167 Å². The second-order valence-electron chi connectivity index (χ2n) is 21.8. The Morgan fingerprint density at radius 2 is 1.18 bits per heavy atom. The SMILES string of the molecule is CCCCCCCCCCCCCCCC(=O)OC[C@H](CSC[C@H](N)C(=O)C[C@H](CO)C(=O)NCc1ccc(Cn2c3c(cnc4ccccc43)c[n+]2CCCC)cc1)OC(=O)CCCCCCCCCCCCCCC. The van der Waals surface area contributed by atoms with Gasteiger partial charge in [0.1, 0.15) is 24.8 Å². The maximum Gasteiger partial charge on any atom is 0.306 e. The molecule has 12 nitrogen and oxygen atoms in total. The normalized spacial score (nSPS) is 12.7. The number of para-hydroxylation sites is 1. The average molecular weight is 1090 g/mol. The Labute approximate surface area is 468 Å². The lowest BCUT2D eigenvalue weighted by Gasteiger charge is -2.20. The zero-order valence-corrected chi connectivity index (χ0v) is 48.9. The molecule has 4 aromatic rings. The van der Waals surface area contributed by atoms with Crippen molar-refractivity contribution in [3.8, 4) is 0 Å². The lowest BCUT2D eigenvalue weighted by molar-refractivity contribution is -0.772. The highest BCUT2D eigenvalue weighted by Crippen LogP contribution is 2.24. The van der Waals surface area contributed by atoms with Crippen LogP contribution in [0.3, 0.4) is 0 Å². The summed E-state index contributed by atoms with van der Waals surface area (Å²) in [4.78, 5) is 57.2. The molecule has 0 fully saturated rings. The minimum absolute atomic E-state index is 0.0496. The highest BCUT2D eigenvalue weighted by atomic mass is 32.2. The average Bonchev–Trinajstić information content (AvgIpc) is 3.84. The van der Waals surface area contributed by atoms with Gasteiger partial charge in [0.2, 0.25) is 12.1 Å². The number of aromatic nitrogens is 3. The number of aliphatic hydroxyl groups excluding tert-OH is 1. The zero-order valence-electron chi connectivity index (χ0n) is 48.1. The van der Waals surface area contributed by atoms with Gasteiger partial charge in [-0.05, 0) is 30.0 Å². The molecule has 4 N–H and O–H groups in total. The number of nitrogens with one attached hydrogen (secondary N) is 1. The molecule has 4 rings (SSSR count). The second-order valence-corrected chi connectivity index (χ2v) is 22.9. The van der Waals surface area contributed by atoms with E-state index in [0.29, 0.717) is 25.1 Å². The van der Waals surface area contributed by atoms with Gasteiger partial charge in [0, 0.05) is 55.3 Å². The number of hydrogen-bond donors (Lipinski definition) is 3. The number of aliphatic hydroxyl groups is 1. The van der Waals surface area contributed by atoms with Crippen LogP contribution in [-0.2, 0) is 48.3 Å². The molecule has 0 unspecified atom stereocenters. The highest BCUT2D eigenvalue weighted by molar-refractivity contribution is 7.99. The molecular weight excluding hydrogens is 983 g/mol. The van der Waals surface area contributed by atoms with Gasteiger partial charge in [-0.25, -0.2) is 0 Å². The number of esters is 2. The predicted octanol–water partition coefficient (Wildman–Crippen LogP) is 14.0. The van der Waals surface area contributed by atoms with E-state index < -0.39 is 30.6 Å². The van der Waals surface area contributed by atoms with Crippen molar-refractivity contribution in [2.45, 2.75) is 252 Å². The summed E-state index contributed by atoms with van der Waals surface area (Å²) in [5.41, 5.74) is 10.5. The Hall–Kier alpha value is -4.33. The van der Waals surface area contributed by atoms with Crippen molar-refractivity contribution in [3.63, 3.8) is 0 Å². The largest absolute Gasteiger partial charge is 0.462 e. The molecule has 0 aliphatic carbocycles. The van der Waals surface area contributed by atoms with Crippen molar-refractivity contribution >= 4 is 57.2 Å². The van der Waals surface area contributed by atoms with Crippen molar-refractivity contribution < 1.29 is 38.4 Å². The number of benzene rings is 2. The first kappa shape index (κ1) is 65.2. The van der Waals surface area contributed by atoms with Crippen LogP contribution in [0.1, 0.15) is 231 Å². The minimum atomic E-state index is -0.948. The van der Waals surface area contributed by atoms with Crippen molar-refractivity contribution in [1.82, 2.24) is 15.0 Å². The number of amides is 1. The molecule has 0 radical (unpaired) electrons. The first-order chi connectivity index (χ1) is 37.7. The lowest BCUT2D eigenvalue weighted by atomic mass is 9.99. The molecule has 77 heavy (non-hydrogen) atoms. The fourth-order valence-electron chi connectivity index (χ4n) is 10.1. The summed E-state index contributed by atoms with van der Waals surface area (Å²) in [6, 6.07) is 15.5. The summed E-state index contributed by atoms with van der Waals surface area (Å²) in [6.07, 6.45) is 37.9. The molecule has 0 aliphatic heterocycles. The molecule has 430 valence electrons. The molecule has 0 bridgehead atoms. The van der Waals surface area contributed by atoms with Gasteiger partial charge in [0.25, 0.3) is 0 Å². The number of thioether (sulfide) groups is 1. The van der Waals surface area contributed by atoms with E-state index in [4.69, 9.17) is 20.2 Å². The fraction of sp³-hybridized carbons (Fsp3) is 0.688. The number of fused-ring (bicyclic) bond motifs is 3. The summed E-state index contributed by atoms with van der Waals surface area (Å²) >= 11 is 1.35. The standard InChI is InChI=1S/C64H101N5O7S/c1-4-7-10-12-14-16-18-20-22-24-26-28-30-36-61(72)75-49-56(76-62(73)37-31-29-27-25-23-21-19-17-15-13-11-8-5-2)50-77-51-58(65)60(71)43-54(48-70)64(74)67-44-52-38-40-53(41-39-52)46-69-63-55(47-68(69)42-9-6-3)45-66-59-35-33-32-34-57(59)63/h32-35,38-41,45,47,54,56,58,70H,4-31,36-37,42-44,46,48-51,65H2,1-3H3/p+1/t54-,56-,58+/m1/s1. The van der Waals surface area contributed by atoms with Crippen LogP contribution in [-0.4, -0.2) is 75.3 Å². The number of pyridine rings is 1. The maximum absolute atomic E-state index is 13.3. The second kappa shape index (κ2) is 40.8. The molecule has 3 atom stereocenters. The molecule has 13 heteroatoms. The van der Waals surface area contributed by atoms with E-state index in [1.165, 1.54) is 140 Å².